The molecule has 0 bridgehead atoms. The highest BCUT2D eigenvalue weighted by atomic mass is 32.1. The summed E-state index contributed by atoms with van der Waals surface area (Å²) < 4.78 is 2.11. The van der Waals surface area contributed by atoms with Gasteiger partial charge in [-0.05, 0) is 75.8 Å². The van der Waals surface area contributed by atoms with E-state index in [-0.39, 0.29) is 10.8 Å². The van der Waals surface area contributed by atoms with Crippen LogP contribution in [0.4, 0.5) is 0 Å². The van der Waals surface area contributed by atoms with Crippen LogP contribution < -0.4 is 5.43 Å². The molecule has 0 radical (unpaired) electrons. The summed E-state index contributed by atoms with van der Waals surface area (Å²) in [4.78, 5) is 13.1. The number of rotatable bonds is 0. The van der Waals surface area contributed by atoms with E-state index < -0.39 is 0 Å². The number of aryl methyl sites for hydroxylation is 1. The molecule has 1 heterocycles. The van der Waals surface area contributed by atoms with Crippen LogP contribution in [0.25, 0.3) is 41.7 Å². The van der Waals surface area contributed by atoms with Gasteiger partial charge in [0.15, 0.2) is 5.43 Å². The van der Waals surface area contributed by atoms with E-state index in [1.807, 2.05) is 13.0 Å². The van der Waals surface area contributed by atoms with Crippen molar-refractivity contribution in [2.45, 2.75) is 33.1 Å². The van der Waals surface area contributed by atoms with Crippen LogP contribution in [-0.2, 0) is 5.41 Å². The number of hydrogen-bond acceptors (Lipinski definition) is 2. The van der Waals surface area contributed by atoms with E-state index in [9.17, 15) is 4.79 Å². The van der Waals surface area contributed by atoms with Gasteiger partial charge in [-0.1, -0.05) is 50.6 Å². The molecule has 0 aliphatic carbocycles. The highest BCUT2D eigenvalue weighted by Gasteiger charge is 2.14. The summed E-state index contributed by atoms with van der Waals surface area (Å²) >= 11 is 1.70. The Morgan fingerprint density at radius 3 is 2.14 bits per heavy atom. The van der Waals surface area contributed by atoms with Gasteiger partial charge in [0, 0.05) is 20.2 Å². The van der Waals surface area contributed by atoms with Crippen LogP contribution in [0.3, 0.4) is 0 Å². The van der Waals surface area contributed by atoms with Crippen LogP contribution in [0.5, 0.6) is 0 Å². The first-order chi connectivity index (χ1) is 13.3. The Balaban J connectivity index is 1.85. The Labute approximate surface area is 168 Å². The van der Waals surface area contributed by atoms with Crippen LogP contribution >= 0.6 is 11.3 Å². The van der Waals surface area contributed by atoms with Crippen molar-refractivity contribution in [2.75, 3.05) is 0 Å². The summed E-state index contributed by atoms with van der Waals surface area (Å²) in [5.41, 5.74) is 2.71. The van der Waals surface area contributed by atoms with Crippen LogP contribution in [0.2, 0.25) is 0 Å². The first kappa shape index (κ1) is 17.4. The molecular weight excluding hydrogens is 360 g/mol. The molecule has 1 aromatic heterocycles. The number of benzene rings is 4. The van der Waals surface area contributed by atoms with Gasteiger partial charge in [-0.25, -0.2) is 0 Å². The summed E-state index contributed by atoms with van der Waals surface area (Å²) in [5, 5.41) is 6.43. The SMILES string of the molecule is Cc1ccc2sc3cc4cc5ccc(C(C)(C)C)cc5cc4cc3c(=O)c2c1. The zero-order valence-electron chi connectivity index (χ0n) is 16.6. The zero-order valence-corrected chi connectivity index (χ0v) is 17.4. The number of hydrogen-bond donors (Lipinski definition) is 0. The molecule has 1 nitrogen and oxygen atoms in total. The Morgan fingerprint density at radius 2 is 1.36 bits per heavy atom. The van der Waals surface area contributed by atoms with Gasteiger partial charge in [0.25, 0.3) is 0 Å². The van der Waals surface area contributed by atoms with E-state index in [0.29, 0.717) is 0 Å². The van der Waals surface area contributed by atoms with Gasteiger partial charge in [-0.2, -0.15) is 0 Å². The predicted octanol–water partition coefficient (Wildman–Crippen LogP) is 7.33. The summed E-state index contributed by atoms with van der Waals surface area (Å²) in [7, 11) is 0. The molecule has 5 rings (SSSR count). The Kier molecular flexibility index (Phi) is 3.66. The minimum Gasteiger partial charge on any atom is -0.289 e. The molecule has 0 amide bonds. The van der Waals surface area contributed by atoms with Crippen molar-refractivity contribution in [1.29, 1.82) is 0 Å². The van der Waals surface area contributed by atoms with Gasteiger partial charge < -0.3 is 0 Å². The lowest BCUT2D eigenvalue weighted by Gasteiger charge is -2.19. The van der Waals surface area contributed by atoms with Crippen LogP contribution in [0, 0.1) is 6.92 Å². The van der Waals surface area contributed by atoms with Crippen molar-refractivity contribution >= 4 is 53.1 Å². The van der Waals surface area contributed by atoms with E-state index in [2.05, 4.69) is 75.4 Å². The standard InChI is InChI=1S/C26H22OS/c1-15-5-8-23-21(9-15)25(27)22-13-18-11-17-12-20(26(2,3)4)7-6-16(17)10-19(18)14-24(22)28-23/h5-14H,1-4H3. The lowest BCUT2D eigenvalue weighted by molar-refractivity contribution is 0.591. The zero-order chi connectivity index (χ0) is 19.6. The Morgan fingerprint density at radius 1 is 0.679 bits per heavy atom. The van der Waals surface area contributed by atoms with Crippen molar-refractivity contribution in [3.05, 3.63) is 82.0 Å². The topological polar surface area (TPSA) is 17.1 Å². The van der Waals surface area contributed by atoms with Gasteiger partial charge in [-0.3, -0.25) is 4.79 Å². The predicted molar refractivity (Wildman–Crippen MR) is 124 cm³/mol. The molecule has 2 heteroatoms. The van der Waals surface area contributed by atoms with E-state index in [1.165, 1.54) is 21.7 Å². The van der Waals surface area contributed by atoms with Gasteiger partial charge in [0.1, 0.15) is 0 Å². The molecule has 0 unspecified atom stereocenters. The summed E-state index contributed by atoms with van der Waals surface area (Å²) in [6.45, 7) is 8.75. The van der Waals surface area contributed by atoms with Gasteiger partial charge in [0.05, 0.1) is 0 Å². The molecule has 0 fully saturated rings. The highest BCUT2D eigenvalue weighted by Crippen LogP contribution is 2.33. The molecule has 0 spiro atoms. The smallest absolute Gasteiger partial charge is 0.195 e. The molecule has 0 aliphatic rings. The number of fused-ring (bicyclic) bond motifs is 4. The monoisotopic (exact) mass is 382 g/mol. The van der Waals surface area contributed by atoms with Crippen molar-refractivity contribution in [3.63, 3.8) is 0 Å². The van der Waals surface area contributed by atoms with Gasteiger partial charge in [-0.15, -0.1) is 11.3 Å². The molecule has 0 saturated carbocycles. The maximum absolute atomic E-state index is 13.1. The minimum absolute atomic E-state index is 0.118. The van der Waals surface area contributed by atoms with Gasteiger partial charge >= 0.3 is 0 Å². The Hall–Kier alpha value is -2.71. The quantitative estimate of drug-likeness (QED) is 0.256. The molecular formula is C26H22OS. The minimum atomic E-state index is 0.118. The first-order valence-electron chi connectivity index (χ1n) is 9.65. The molecule has 138 valence electrons. The second-order valence-corrected chi connectivity index (χ2v) is 9.87. The van der Waals surface area contributed by atoms with E-state index in [4.69, 9.17) is 0 Å². The van der Waals surface area contributed by atoms with E-state index >= 15 is 0 Å². The molecule has 5 aromatic rings. The van der Waals surface area contributed by atoms with Crippen molar-refractivity contribution in [3.8, 4) is 0 Å². The second-order valence-electron chi connectivity index (χ2n) is 8.79. The largest absolute Gasteiger partial charge is 0.289 e. The molecule has 0 atom stereocenters. The van der Waals surface area contributed by atoms with Crippen molar-refractivity contribution < 1.29 is 0 Å². The normalized spacial score (nSPS) is 12.4. The average molecular weight is 383 g/mol. The average Bonchev–Trinajstić information content (AvgIpc) is 2.65. The van der Waals surface area contributed by atoms with Crippen LogP contribution in [-0.4, -0.2) is 0 Å². The third kappa shape index (κ3) is 2.71. The third-order valence-corrected chi connectivity index (χ3v) is 6.74. The maximum Gasteiger partial charge on any atom is 0.195 e. The molecule has 0 aliphatic heterocycles. The molecule has 28 heavy (non-hydrogen) atoms. The van der Waals surface area contributed by atoms with Crippen LogP contribution in [0.15, 0.2) is 65.5 Å². The fourth-order valence-corrected chi connectivity index (χ4v) is 5.01. The van der Waals surface area contributed by atoms with Crippen molar-refractivity contribution in [1.82, 2.24) is 0 Å². The molecule has 4 aromatic carbocycles. The van der Waals surface area contributed by atoms with Crippen molar-refractivity contribution in [2.24, 2.45) is 0 Å². The summed E-state index contributed by atoms with van der Waals surface area (Å²) in [6, 6.07) is 21.6. The van der Waals surface area contributed by atoms with E-state index in [0.717, 1.165) is 31.1 Å². The summed E-state index contributed by atoms with van der Waals surface area (Å²) in [5.74, 6) is 0. The lowest BCUT2D eigenvalue weighted by atomic mass is 9.85. The first-order valence-corrected chi connectivity index (χ1v) is 10.5. The maximum atomic E-state index is 13.1. The van der Waals surface area contributed by atoms with E-state index in [1.54, 1.807) is 11.3 Å². The summed E-state index contributed by atoms with van der Waals surface area (Å²) in [6.07, 6.45) is 0. The highest BCUT2D eigenvalue weighted by molar-refractivity contribution is 7.24. The van der Waals surface area contributed by atoms with Gasteiger partial charge in [0.2, 0.25) is 0 Å². The molecule has 0 N–H and O–H groups in total. The molecule has 0 saturated heterocycles. The fraction of sp³-hybridized carbons (Fsp3) is 0.192. The fourth-order valence-electron chi connectivity index (χ4n) is 3.93. The lowest BCUT2D eigenvalue weighted by Crippen LogP contribution is -2.10. The second kappa shape index (κ2) is 5.89. The van der Waals surface area contributed by atoms with Crippen LogP contribution in [0.1, 0.15) is 31.9 Å². The third-order valence-electron chi connectivity index (χ3n) is 5.60. The Bertz CT molecular complexity index is 1470.